The fourth-order valence-electron chi connectivity index (χ4n) is 5.39. The number of halogens is 2. The van der Waals surface area contributed by atoms with E-state index < -0.39 is 5.72 Å². The number of nitriles is 1. The Hall–Kier alpha value is -1.86. The number of benzene rings is 2. The zero-order chi connectivity index (χ0) is 21.8. The van der Waals surface area contributed by atoms with Crippen LogP contribution in [0.4, 0.5) is 0 Å². The minimum absolute atomic E-state index is 0.166. The number of hydrogen-bond donors (Lipinski definition) is 1. The molecule has 0 radical (unpaired) electrons. The predicted octanol–water partition coefficient (Wildman–Crippen LogP) is 5.07. The molecule has 2 aliphatic carbocycles. The summed E-state index contributed by atoms with van der Waals surface area (Å²) >= 11 is 8.27. The second-order valence-corrected chi connectivity index (χ2v) is 9.61. The molecule has 5 rings (SSSR count). The molecule has 0 amide bonds. The lowest BCUT2D eigenvalue weighted by atomic mass is 9.67. The van der Waals surface area contributed by atoms with Gasteiger partial charge in [-0.1, -0.05) is 23.7 Å². The first-order valence-electron chi connectivity index (χ1n) is 10.3. The predicted molar refractivity (Wildman–Crippen MR) is 127 cm³/mol. The van der Waals surface area contributed by atoms with E-state index in [1.807, 2.05) is 35.1 Å². The van der Waals surface area contributed by atoms with E-state index in [1.165, 1.54) is 5.56 Å². The number of nitrogens with two attached hydrogens (primary N) is 1. The quantitative estimate of drug-likeness (QED) is 0.530. The first-order chi connectivity index (χ1) is 14.9. The molecule has 1 atom stereocenters. The van der Waals surface area contributed by atoms with E-state index >= 15 is 0 Å². The van der Waals surface area contributed by atoms with Gasteiger partial charge in [-0.2, -0.15) is 5.26 Å². The molecule has 2 N–H and O–H groups in total. The number of hydroxylamine groups is 2. The third-order valence-corrected chi connectivity index (χ3v) is 7.90. The second-order valence-electron chi connectivity index (χ2n) is 8.66. The molecule has 2 aromatic rings. The second kappa shape index (κ2) is 7.62. The molecule has 1 aliphatic heterocycles. The van der Waals surface area contributed by atoms with Gasteiger partial charge in [-0.05, 0) is 73.1 Å². The van der Waals surface area contributed by atoms with Gasteiger partial charge in [-0.3, -0.25) is 0 Å². The topological polar surface area (TPSA) is 83.9 Å². The summed E-state index contributed by atoms with van der Waals surface area (Å²) in [6.45, 7) is 0. The number of nitrogens with zero attached hydrogens (tertiary/aromatic N) is 3. The number of guanidine groups is 1. The van der Waals surface area contributed by atoms with Crippen LogP contribution in [-0.2, 0) is 20.0 Å². The Morgan fingerprint density at radius 2 is 2.03 bits per heavy atom. The van der Waals surface area contributed by atoms with Crippen LogP contribution in [0.2, 0.25) is 5.02 Å². The highest BCUT2D eigenvalue weighted by Crippen LogP contribution is 2.62. The highest BCUT2D eigenvalue weighted by Gasteiger charge is 2.63. The van der Waals surface area contributed by atoms with Crippen LogP contribution < -0.4 is 5.73 Å². The zero-order valence-corrected chi connectivity index (χ0v) is 20.0. The number of hydrogen-bond acceptors (Lipinski definition) is 6. The summed E-state index contributed by atoms with van der Waals surface area (Å²) in [7, 11) is 1.80. The van der Waals surface area contributed by atoms with Crippen molar-refractivity contribution < 1.29 is 7.90 Å². The van der Waals surface area contributed by atoms with Crippen LogP contribution in [0.3, 0.4) is 0 Å². The van der Waals surface area contributed by atoms with Crippen LogP contribution in [0.5, 0.6) is 0 Å². The Morgan fingerprint density at radius 3 is 2.68 bits per heavy atom. The van der Waals surface area contributed by atoms with Crippen LogP contribution in [0.15, 0.2) is 41.4 Å². The molecule has 2 aromatic carbocycles. The van der Waals surface area contributed by atoms with Crippen LogP contribution in [-0.4, -0.2) is 24.2 Å². The van der Waals surface area contributed by atoms with Gasteiger partial charge in [0, 0.05) is 23.0 Å². The van der Waals surface area contributed by atoms with Gasteiger partial charge in [0.1, 0.15) is 23.0 Å². The first-order valence-corrected chi connectivity index (χ1v) is 11.6. The molecule has 1 saturated carbocycles. The van der Waals surface area contributed by atoms with Crippen molar-refractivity contribution in [2.75, 3.05) is 7.05 Å². The van der Waals surface area contributed by atoms with Crippen LogP contribution >= 0.6 is 34.6 Å². The van der Waals surface area contributed by atoms with Crippen molar-refractivity contribution in [1.29, 1.82) is 5.26 Å². The lowest BCUT2D eigenvalue weighted by molar-refractivity contribution is -0.230. The van der Waals surface area contributed by atoms with Crippen molar-refractivity contribution in [2.45, 2.75) is 43.9 Å². The third-order valence-electron chi connectivity index (χ3n) is 6.96. The van der Waals surface area contributed by atoms with Gasteiger partial charge < -0.3 is 8.80 Å². The van der Waals surface area contributed by atoms with Gasteiger partial charge in [-0.15, -0.1) is 0 Å². The summed E-state index contributed by atoms with van der Waals surface area (Å²) < 4.78 is 5.59. The van der Waals surface area contributed by atoms with Crippen molar-refractivity contribution >= 4 is 40.6 Å². The van der Waals surface area contributed by atoms with Crippen molar-refractivity contribution in [2.24, 2.45) is 16.1 Å². The minimum atomic E-state index is -0.843. The number of fused-ring (bicyclic) bond motifs is 3. The SMILES string of the molecule is CN1OC2(N=C1N)c1cc(-c3cc(Cl)cc(C#N)c3)ccc1CC21CCC(OI)CC1. The van der Waals surface area contributed by atoms with Crippen molar-refractivity contribution in [3.8, 4) is 17.2 Å². The van der Waals surface area contributed by atoms with Crippen LogP contribution in [0.1, 0.15) is 42.4 Å². The minimum Gasteiger partial charge on any atom is -0.368 e. The van der Waals surface area contributed by atoms with Gasteiger partial charge >= 0.3 is 0 Å². The molecule has 2 spiro atoms. The highest BCUT2D eigenvalue weighted by molar-refractivity contribution is 14.1. The monoisotopic (exact) mass is 548 g/mol. The zero-order valence-electron chi connectivity index (χ0n) is 17.1. The summed E-state index contributed by atoms with van der Waals surface area (Å²) in [5.74, 6) is 0.388. The van der Waals surface area contributed by atoms with E-state index in [9.17, 15) is 5.26 Å². The lowest BCUT2D eigenvalue weighted by Gasteiger charge is -2.44. The Morgan fingerprint density at radius 1 is 1.26 bits per heavy atom. The molecule has 0 saturated heterocycles. The largest absolute Gasteiger partial charge is 0.368 e. The lowest BCUT2D eigenvalue weighted by Crippen LogP contribution is -2.46. The van der Waals surface area contributed by atoms with Crippen molar-refractivity contribution in [3.63, 3.8) is 0 Å². The molecule has 8 heteroatoms. The number of rotatable bonds is 2. The van der Waals surface area contributed by atoms with Gasteiger partial charge in [-0.25, -0.2) is 14.9 Å². The van der Waals surface area contributed by atoms with Gasteiger partial charge in [0.2, 0.25) is 11.7 Å². The normalized spacial score (nSPS) is 29.3. The van der Waals surface area contributed by atoms with E-state index in [0.717, 1.165) is 48.8 Å². The smallest absolute Gasteiger partial charge is 0.220 e. The van der Waals surface area contributed by atoms with Crippen molar-refractivity contribution in [1.82, 2.24) is 5.06 Å². The average Bonchev–Trinajstić information content (AvgIpc) is 3.21. The average molecular weight is 549 g/mol. The molecule has 1 fully saturated rings. The van der Waals surface area contributed by atoms with E-state index in [1.54, 1.807) is 18.2 Å². The fraction of sp³-hybridized carbons (Fsp3) is 0.391. The Balaban J connectivity index is 1.63. The molecule has 1 heterocycles. The van der Waals surface area contributed by atoms with E-state index in [-0.39, 0.29) is 11.5 Å². The van der Waals surface area contributed by atoms with Crippen molar-refractivity contribution in [3.05, 3.63) is 58.1 Å². The number of aliphatic imine (C=N–C) groups is 1. The maximum atomic E-state index is 9.35. The summed E-state index contributed by atoms with van der Waals surface area (Å²) in [5, 5.41) is 11.5. The third kappa shape index (κ3) is 3.23. The molecule has 6 nitrogen and oxygen atoms in total. The maximum absolute atomic E-state index is 9.35. The standard InChI is InChI=1S/C23H22ClIN4O2/c1-29-21(27)28-23(31-29)20-11-15(17-8-14(13-26)9-18(24)10-17)2-3-16(20)12-22(23)6-4-19(30-25)5-7-22/h2-3,8-11,19H,4-7,12H2,1H3,(H2,27,28). The van der Waals surface area contributed by atoms with Gasteiger partial charge in [0.05, 0.1) is 17.7 Å². The summed E-state index contributed by atoms with van der Waals surface area (Å²) in [6.07, 6.45) is 4.98. The molecule has 160 valence electrons. The Labute approximate surface area is 200 Å². The summed E-state index contributed by atoms with van der Waals surface area (Å²) in [5.41, 5.74) is 9.88. The Kier molecular flexibility index (Phi) is 5.17. The first kappa shape index (κ1) is 21.0. The molecule has 0 bridgehead atoms. The fourth-order valence-corrected chi connectivity index (χ4v) is 6.13. The van der Waals surface area contributed by atoms with Crippen LogP contribution in [0.25, 0.3) is 11.1 Å². The molecule has 0 aromatic heterocycles. The van der Waals surface area contributed by atoms with Crippen LogP contribution in [0, 0.1) is 16.7 Å². The molecule has 1 unspecified atom stereocenters. The highest BCUT2D eigenvalue weighted by atomic mass is 127. The van der Waals surface area contributed by atoms with Gasteiger partial charge in [0.25, 0.3) is 0 Å². The van der Waals surface area contributed by atoms with Gasteiger partial charge in [0.15, 0.2) is 0 Å². The molecular weight excluding hydrogens is 527 g/mol. The summed E-state index contributed by atoms with van der Waals surface area (Å²) in [6, 6.07) is 14.0. The maximum Gasteiger partial charge on any atom is 0.220 e. The molecule has 31 heavy (non-hydrogen) atoms. The summed E-state index contributed by atoms with van der Waals surface area (Å²) in [4.78, 5) is 11.4. The van der Waals surface area contributed by atoms with E-state index in [4.69, 9.17) is 30.2 Å². The van der Waals surface area contributed by atoms with E-state index in [0.29, 0.717) is 16.5 Å². The molecule has 3 aliphatic rings. The van der Waals surface area contributed by atoms with E-state index in [2.05, 4.69) is 24.3 Å². The Bertz CT molecular complexity index is 1120. The molecular formula is C23H22ClIN4O2.